The summed E-state index contributed by atoms with van der Waals surface area (Å²) >= 11 is 0. The molecule has 3 atom stereocenters. The summed E-state index contributed by atoms with van der Waals surface area (Å²) < 4.78 is 10.7. The molecule has 2 N–H and O–H groups in total. The van der Waals surface area contributed by atoms with Crippen molar-refractivity contribution < 1.29 is 24.2 Å². The Bertz CT molecular complexity index is 753. The minimum Gasteiger partial charge on any atom is -0.479 e. The number of aliphatic carboxylic acids is 1. The van der Waals surface area contributed by atoms with E-state index in [-0.39, 0.29) is 0 Å². The van der Waals surface area contributed by atoms with E-state index < -0.39 is 24.3 Å². The second-order valence-electron chi connectivity index (χ2n) is 5.25. The summed E-state index contributed by atoms with van der Waals surface area (Å²) in [5.74, 6) is 0.991. The first-order chi connectivity index (χ1) is 11.7. The first-order valence-electron chi connectivity index (χ1n) is 7.34. The highest BCUT2D eigenvalue weighted by Gasteiger charge is 2.40. The largest absolute Gasteiger partial charge is 0.479 e. The van der Waals surface area contributed by atoms with Crippen molar-refractivity contribution in [1.82, 2.24) is 5.32 Å². The molecule has 0 radical (unpaired) electrons. The summed E-state index contributed by atoms with van der Waals surface area (Å²) in [6.07, 6.45) is -0.608. The van der Waals surface area contributed by atoms with E-state index in [9.17, 15) is 14.7 Å². The molecule has 0 aliphatic carbocycles. The van der Waals surface area contributed by atoms with Gasteiger partial charge in [0.15, 0.2) is 18.3 Å². The van der Waals surface area contributed by atoms with Crippen LogP contribution >= 0.6 is 0 Å². The van der Waals surface area contributed by atoms with E-state index >= 15 is 0 Å². The molecule has 0 amide bonds. The molecule has 2 aromatic carbocycles. The number of nitrogens with one attached hydrogen (secondary N) is 1. The zero-order chi connectivity index (χ0) is 16.9. The second-order valence-corrected chi connectivity index (χ2v) is 5.25. The summed E-state index contributed by atoms with van der Waals surface area (Å²) in [5, 5.41) is 12.6. The fourth-order valence-electron chi connectivity index (χ4n) is 2.64. The summed E-state index contributed by atoms with van der Waals surface area (Å²) in [5.41, 5.74) is 1.62. The number of carboxylic acid groups (broad SMARTS) is 1. The number of hydrogen-bond acceptors (Lipinski definition) is 5. The highest BCUT2D eigenvalue weighted by Crippen LogP contribution is 2.34. The number of carbonyl (C=O) groups is 1. The minimum atomic E-state index is -1.02. The Kier molecular flexibility index (Phi) is 4.72. The SMILES string of the molecule is O=C=COc1ccc(C2NC(c3ccccc3)C(C(=O)O)O2)cc1. The third-order valence-corrected chi connectivity index (χ3v) is 3.74. The van der Waals surface area contributed by atoms with Gasteiger partial charge in [0.1, 0.15) is 12.0 Å². The van der Waals surface area contributed by atoms with Gasteiger partial charge in [-0.15, -0.1) is 0 Å². The third-order valence-electron chi connectivity index (χ3n) is 3.74. The van der Waals surface area contributed by atoms with Crippen molar-refractivity contribution in [3.63, 3.8) is 0 Å². The predicted molar refractivity (Wildman–Crippen MR) is 84.9 cm³/mol. The minimum absolute atomic E-state index is 0.442. The van der Waals surface area contributed by atoms with Gasteiger partial charge in [-0.2, -0.15) is 0 Å². The highest BCUT2D eigenvalue weighted by atomic mass is 16.5. The normalized spacial score (nSPS) is 22.6. The maximum atomic E-state index is 11.5. The average molecular weight is 325 g/mol. The van der Waals surface area contributed by atoms with E-state index in [2.05, 4.69) is 5.32 Å². The van der Waals surface area contributed by atoms with Crippen LogP contribution in [0.5, 0.6) is 5.75 Å². The van der Waals surface area contributed by atoms with Crippen molar-refractivity contribution in [1.29, 1.82) is 0 Å². The van der Waals surface area contributed by atoms with E-state index in [1.54, 1.807) is 24.3 Å². The molecule has 1 fully saturated rings. The summed E-state index contributed by atoms with van der Waals surface area (Å²) in [6, 6.07) is 15.7. The van der Waals surface area contributed by atoms with E-state index in [0.29, 0.717) is 5.75 Å². The molecule has 0 spiro atoms. The van der Waals surface area contributed by atoms with Gasteiger partial charge < -0.3 is 14.6 Å². The molecule has 122 valence electrons. The van der Waals surface area contributed by atoms with Crippen molar-refractivity contribution in [3.8, 4) is 5.75 Å². The van der Waals surface area contributed by atoms with Crippen LogP contribution < -0.4 is 10.1 Å². The van der Waals surface area contributed by atoms with Crippen LogP contribution in [0.3, 0.4) is 0 Å². The van der Waals surface area contributed by atoms with Gasteiger partial charge in [0.25, 0.3) is 0 Å². The Morgan fingerprint density at radius 3 is 2.46 bits per heavy atom. The van der Waals surface area contributed by atoms with Gasteiger partial charge >= 0.3 is 5.97 Å². The van der Waals surface area contributed by atoms with Crippen LogP contribution in [-0.2, 0) is 14.3 Å². The molecule has 3 rings (SSSR count). The van der Waals surface area contributed by atoms with Gasteiger partial charge in [0.2, 0.25) is 0 Å². The number of ether oxygens (including phenoxy) is 2. The number of hydrogen-bond donors (Lipinski definition) is 2. The summed E-state index contributed by atoms with van der Waals surface area (Å²) in [7, 11) is 0. The lowest BCUT2D eigenvalue weighted by atomic mass is 10.0. The van der Waals surface area contributed by atoms with Crippen LogP contribution in [0.2, 0.25) is 0 Å². The van der Waals surface area contributed by atoms with Gasteiger partial charge in [-0.1, -0.05) is 42.5 Å². The Balaban J connectivity index is 1.80. The van der Waals surface area contributed by atoms with E-state index in [1.807, 2.05) is 30.3 Å². The molecule has 1 aliphatic heterocycles. The topological polar surface area (TPSA) is 84.9 Å². The number of rotatable bonds is 5. The van der Waals surface area contributed by atoms with Gasteiger partial charge in [-0.3, -0.25) is 5.32 Å². The fourth-order valence-corrected chi connectivity index (χ4v) is 2.64. The molecule has 0 bridgehead atoms. The molecular formula is C18H15NO5. The van der Waals surface area contributed by atoms with Crippen molar-refractivity contribution in [3.05, 3.63) is 72.0 Å². The smallest absolute Gasteiger partial charge is 0.334 e. The highest BCUT2D eigenvalue weighted by molar-refractivity contribution is 5.74. The summed E-state index contributed by atoms with van der Waals surface area (Å²) in [4.78, 5) is 21.6. The zero-order valence-electron chi connectivity index (χ0n) is 12.6. The first kappa shape index (κ1) is 16.0. The molecule has 6 nitrogen and oxygen atoms in total. The van der Waals surface area contributed by atoms with Crippen LogP contribution in [0, 0.1) is 0 Å². The standard InChI is InChI=1S/C18H15NO5/c20-10-11-23-14-8-6-13(7-9-14)17-19-15(16(24-17)18(21)22)12-4-2-1-3-5-12/h1-9,11,15-17,19H,(H,21,22). The van der Waals surface area contributed by atoms with E-state index in [0.717, 1.165) is 17.4 Å². The van der Waals surface area contributed by atoms with Gasteiger partial charge in [-0.25, -0.2) is 9.59 Å². The number of carboxylic acids is 1. The molecule has 3 unspecified atom stereocenters. The van der Waals surface area contributed by atoms with Crippen LogP contribution in [-0.4, -0.2) is 23.1 Å². The molecule has 2 aromatic rings. The fraction of sp³-hybridized carbons (Fsp3) is 0.167. The lowest BCUT2D eigenvalue weighted by Crippen LogP contribution is -2.28. The predicted octanol–water partition coefficient (Wildman–Crippen LogP) is 2.22. The first-order valence-corrected chi connectivity index (χ1v) is 7.34. The maximum absolute atomic E-state index is 11.5. The van der Waals surface area contributed by atoms with Crippen molar-refractivity contribution in [2.75, 3.05) is 0 Å². The van der Waals surface area contributed by atoms with Gasteiger partial charge in [-0.05, 0) is 23.3 Å². The number of carbonyl (C=O) groups excluding carboxylic acids is 1. The Labute approximate surface area is 138 Å². The quantitative estimate of drug-likeness (QED) is 0.648. The Hall–Kier alpha value is -2.92. The molecule has 6 heteroatoms. The maximum Gasteiger partial charge on any atom is 0.334 e. The van der Waals surface area contributed by atoms with E-state index in [1.165, 1.54) is 5.94 Å². The van der Waals surface area contributed by atoms with Gasteiger partial charge in [0.05, 0.1) is 6.04 Å². The molecule has 0 saturated carbocycles. The Morgan fingerprint density at radius 2 is 1.83 bits per heavy atom. The van der Waals surface area contributed by atoms with Crippen molar-refractivity contribution in [2.45, 2.75) is 18.4 Å². The van der Waals surface area contributed by atoms with Crippen LogP contribution in [0.15, 0.2) is 60.9 Å². The molecule has 0 aromatic heterocycles. The Morgan fingerprint density at radius 1 is 1.12 bits per heavy atom. The molecule has 24 heavy (non-hydrogen) atoms. The van der Waals surface area contributed by atoms with Crippen molar-refractivity contribution in [2.24, 2.45) is 0 Å². The van der Waals surface area contributed by atoms with E-state index in [4.69, 9.17) is 9.47 Å². The molecule has 1 heterocycles. The third kappa shape index (κ3) is 3.36. The number of benzene rings is 2. The van der Waals surface area contributed by atoms with Crippen LogP contribution in [0.4, 0.5) is 0 Å². The van der Waals surface area contributed by atoms with Crippen LogP contribution in [0.1, 0.15) is 23.4 Å². The van der Waals surface area contributed by atoms with Gasteiger partial charge in [0, 0.05) is 0 Å². The average Bonchev–Trinajstić information content (AvgIpc) is 3.07. The molecule has 1 saturated heterocycles. The summed E-state index contributed by atoms with van der Waals surface area (Å²) in [6.45, 7) is 0. The van der Waals surface area contributed by atoms with Crippen LogP contribution in [0.25, 0.3) is 0 Å². The monoisotopic (exact) mass is 325 g/mol. The molecular weight excluding hydrogens is 310 g/mol. The lowest BCUT2D eigenvalue weighted by Gasteiger charge is -2.14. The van der Waals surface area contributed by atoms with Crippen molar-refractivity contribution >= 4 is 11.9 Å². The lowest BCUT2D eigenvalue weighted by molar-refractivity contribution is -0.150. The zero-order valence-corrected chi connectivity index (χ0v) is 12.6. The second kappa shape index (κ2) is 7.10. The molecule has 1 aliphatic rings.